The SMILES string of the molecule is CNc1nc(C2CCN(C(=O)CCC3CCCC3)CC2)nc2c1CN(C(C)=O)CC2. The van der Waals surface area contributed by atoms with Gasteiger partial charge >= 0.3 is 0 Å². The number of hydrogen-bond donors (Lipinski definition) is 1. The highest BCUT2D eigenvalue weighted by Gasteiger charge is 2.29. The first-order valence-electron chi connectivity index (χ1n) is 11.7. The molecule has 7 heteroatoms. The third-order valence-electron chi connectivity index (χ3n) is 7.21. The molecule has 2 amide bonds. The molecule has 0 aromatic carbocycles. The molecule has 1 N–H and O–H groups in total. The van der Waals surface area contributed by atoms with Gasteiger partial charge in [-0.15, -0.1) is 0 Å². The summed E-state index contributed by atoms with van der Waals surface area (Å²) in [4.78, 5) is 38.0. The number of anilines is 1. The number of piperidine rings is 1. The quantitative estimate of drug-likeness (QED) is 0.802. The summed E-state index contributed by atoms with van der Waals surface area (Å²) < 4.78 is 0. The number of aromatic nitrogens is 2. The van der Waals surface area contributed by atoms with Gasteiger partial charge in [0, 0.05) is 57.9 Å². The zero-order valence-electron chi connectivity index (χ0n) is 18.5. The first-order valence-corrected chi connectivity index (χ1v) is 11.7. The van der Waals surface area contributed by atoms with Crippen LogP contribution in [0.1, 0.15) is 81.3 Å². The lowest BCUT2D eigenvalue weighted by atomic mass is 9.94. The molecule has 0 bridgehead atoms. The molecule has 7 nitrogen and oxygen atoms in total. The Kier molecular flexibility index (Phi) is 6.54. The first-order chi connectivity index (χ1) is 14.5. The van der Waals surface area contributed by atoms with Crippen molar-refractivity contribution in [1.29, 1.82) is 0 Å². The Morgan fingerprint density at radius 1 is 1.03 bits per heavy atom. The molecule has 30 heavy (non-hydrogen) atoms. The molecular weight excluding hydrogens is 378 g/mol. The lowest BCUT2D eigenvalue weighted by Crippen LogP contribution is -2.39. The third-order valence-corrected chi connectivity index (χ3v) is 7.21. The van der Waals surface area contributed by atoms with Crippen molar-refractivity contribution in [3.05, 3.63) is 17.1 Å². The van der Waals surface area contributed by atoms with Crippen LogP contribution in [0.2, 0.25) is 0 Å². The van der Waals surface area contributed by atoms with Crippen LogP contribution in [-0.4, -0.2) is 58.3 Å². The highest BCUT2D eigenvalue weighted by atomic mass is 16.2. The van der Waals surface area contributed by atoms with Gasteiger partial charge in [-0.05, 0) is 25.2 Å². The minimum Gasteiger partial charge on any atom is -0.373 e. The van der Waals surface area contributed by atoms with Crippen molar-refractivity contribution in [3.63, 3.8) is 0 Å². The maximum atomic E-state index is 12.6. The highest BCUT2D eigenvalue weighted by Crippen LogP contribution is 2.32. The Morgan fingerprint density at radius 2 is 1.77 bits per heavy atom. The lowest BCUT2D eigenvalue weighted by Gasteiger charge is -2.33. The van der Waals surface area contributed by atoms with Crippen molar-refractivity contribution in [2.75, 3.05) is 32.0 Å². The average Bonchev–Trinajstić information content (AvgIpc) is 3.30. The summed E-state index contributed by atoms with van der Waals surface area (Å²) >= 11 is 0. The van der Waals surface area contributed by atoms with Gasteiger partial charge in [-0.3, -0.25) is 9.59 Å². The molecule has 4 rings (SSSR count). The Balaban J connectivity index is 1.36. The van der Waals surface area contributed by atoms with Gasteiger partial charge in [0.1, 0.15) is 11.6 Å². The summed E-state index contributed by atoms with van der Waals surface area (Å²) in [7, 11) is 1.88. The summed E-state index contributed by atoms with van der Waals surface area (Å²) in [6.45, 7) is 4.52. The Labute approximate surface area is 179 Å². The number of carbonyl (C=O) groups is 2. The number of rotatable bonds is 5. The Morgan fingerprint density at radius 3 is 2.43 bits per heavy atom. The van der Waals surface area contributed by atoms with Crippen LogP contribution in [0.25, 0.3) is 0 Å². The summed E-state index contributed by atoms with van der Waals surface area (Å²) in [6, 6.07) is 0. The minimum atomic E-state index is 0.0942. The summed E-state index contributed by atoms with van der Waals surface area (Å²) in [5, 5.41) is 3.21. The number of amides is 2. The third kappa shape index (κ3) is 4.60. The molecule has 0 atom stereocenters. The first kappa shape index (κ1) is 21.1. The fourth-order valence-electron chi connectivity index (χ4n) is 5.26. The number of hydrogen-bond acceptors (Lipinski definition) is 5. The van der Waals surface area contributed by atoms with E-state index in [9.17, 15) is 9.59 Å². The maximum Gasteiger partial charge on any atom is 0.222 e. The predicted octanol–water partition coefficient (Wildman–Crippen LogP) is 3.10. The van der Waals surface area contributed by atoms with Crippen LogP contribution in [0.3, 0.4) is 0 Å². The molecule has 0 spiro atoms. The van der Waals surface area contributed by atoms with Gasteiger partial charge in [0.05, 0.1) is 12.2 Å². The second-order valence-corrected chi connectivity index (χ2v) is 9.14. The van der Waals surface area contributed by atoms with Crippen LogP contribution in [0.5, 0.6) is 0 Å². The van der Waals surface area contributed by atoms with E-state index >= 15 is 0 Å². The number of carbonyl (C=O) groups excluding carboxylic acids is 2. The van der Waals surface area contributed by atoms with Crippen molar-refractivity contribution >= 4 is 17.6 Å². The molecule has 2 fully saturated rings. The summed E-state index contributed by atoms with van der Waals surface area (Å²) in [6.07, 6.45) is 9.70. The lowest BCUT2D eigenvalue weighted by molar-refractivity contribution is -0.132. The molecule has 3 aliphatic rings. The van der Waals surface area contributed by atoms with E-state index in [1.165, 1.54) is 25.7 Å². The van der Waals surface area contributed by atoms with E-state index in [1.54, 1.807) is 6.92 Å². The fourth-order valence-corrected chi connectivity index (χ4v) is 5.26. The van der Waals surface area contributed by atoms with Crippen molar-refractivity contribution in [3.8, 4) is 0 Å². The molecule has 0 unspecified atom stereocenters. The van der Waals surface area contributed by atoms with Crippen LogP contribution in [0.15, 0.2) is 0 Å². The molecule has 1 aromatic rings. The number of nitrogens with zero attached hydrogens (tertiary/aromatic N) is 4. The molecule has 1 saturated carbocycles. The number of likely N-dealkylation sites (tertiary alicyclic amines) is 1. The van der Waals surface area contributed by atoms with E-state index in [1.807, 2.05) is 16.8 Å². The van der Waals surface area contributed by atoms with E-state index in [2.05, 4.69) is 5.32 Å². The molecule has 2 aliphatic heterocycles. The molecule has 1 saturated heterocycles. The van der Waals surface area contributed by atoms with E-state index in [-0.39, 0.29) is 5.91 Å². The molecule has 0 radical (unpaired) electrons. The minimum absolute atomic E-state index is 0.0942. The standard InChI is InChI=1S/C23H35N5O2/c1-16(29)28-14-11-20-19(15-28)23(24-2)26-22(25-20)18-9-12-27(13-10-18)21(30)8-7-17-5-3-4-6-17/h17-18H,3-15H2,1-2H3,(H,24,25,26). The van der Waals surface area contributed by atoms with Gasteiger partial charge in [0.25, 0.3) is 0 Å². The van der Waals surface area contributed by atoms with Gasteiger partial charge < -0.3 is 15.1 Å². The zero-order valence-corrected chi connectivity index (χ0v) is 18.5. The van der Waals surface area contributed by atoms with Gasteiger partial charge in [0.2, 0.25) is 11.8 Å². The molecule has 1 aromatic heterocycles. The van der Waals surface area contributed by atoms with Crippen molar-refractivity contribution in [1.82, 2.24) is 19.8 Å². The largest absolute Gasteiger partial charge is 0.373 e. The van der Waals surface area contributed by atoms with Gasteiger partial charge in [0.15, 0.2) is 0 Å². The van der Waals surface area contributed by atoms with Gasteiger partial charge in [-0.25, -0.2) is 9.97 Å². The second-order valence-electron chi connectivity index (χ2n) is 9.14. The van der Waals surface area contributed by atoms with Gasteiger partial charge in [-0.1, -0.05) is 25.7 Å². The van der Waals surface area contributed by atoms with E-state index in [0.717, 1.165) is 74.1 Å². The second kappa shape index (κ2) is 9.31. The number of nitrogens with one attached hydrogen (secondary N) is 1. The van der Waals surface area contributed by atoms with Crippen LogP contribution in [0, 0.1) is 5.92 Å². The van der Waals surface area contributed by atoms with Crippen LogP contribution < -0.4 is 5.32 Å². The summed E-state index contributed by atoms with van der Waals surface area (Å²) in [5.74, 6) is 3.23. The Bertz CT molecular complexity index is 765. The molecule has 164 valence electrons. The van der Waals surface area contributed by atoms with Crippen LogP contribution in [0.4, 0.5) is 5.82 Å². The molecular formula is C23H35N5O2. The Hall–Kier alpha value is -2.18. The molecule has 3 heterocycles. The topological polar surface area (TPSA) is 78.4 Å². The normalized spacial score (nSPS) is 20.3. The van der Waals surface area contributed by atoms with Crippen LogP contribution >= 0.6 is 0 Å². The van der Waals surface area contributed by atoms with E-state index in [0.29, 0.717) is 24.8 Å². The van der Waals surface area contributed by atoms with Crippen molar-refractivity contribution in [2.45, 2.75) is 77.2 Å². The van der Waals surface area contributed by atoms with Gasteiger partial charge in [-0.2, -0.15) is 0 Å². The monoisotopic (exact) mass is 413 g/mol. The van der Waals surface area contributed by atoms with E-state index < -0.39 is 0 Å². The molecule has 1 aliphatic carbocycles. The highest BCUT2D eigenvalue weighted by molar-refractivity contribution is 5.76. The zero-order chi connectivity index (χ0) is 21.1. The smallest absolute Gasteiger partial charge is 0.222 e. The van der Waals surface area contributed by atoms with Crippen molar-refractivity contribution in [2.24, 2.45) is 5.92 Å². The average molecular weight is 414 g/mol. The maximum absolute atomic E-state index is 12.6. The van der Waals surface area contributed by atoms with E-state index in [4.69, 9.17) is 9.97 Å². The summed E-state index contributed by atoms with van der Waals surface area (Å²) in [5.41, 5.74) is 2.11. The fraction of sp³-hybridized carbons (Fsp3) is 0.739. The van der Waals surface area contributed by atoms with Crippen LogP contribution in [-0.2, 0) is 22.6 Å². The number of fused-ring (bicyclic) bond motifs is 1. The van der Waals surface area contributed by atoms with Crippen molar-refractivity contribution < 1.29 is 9.59 Å². The predicted molar refractivity (Wildman–Crippen MR) is 116 cm³/mol.